The lowest BCUT2D eigenvalue weighted by atomic mass is 9.96. The number of rotatable bonds is 4. The Bertz CT molecular complexity index is 1020. The molecule has 3 heterocycles. The van der Waals surface area contributed by atoms with E-state index in [-0.39, 0.29) is 40.6 Å². The number of piperidine rings is 1. The lowest BCUT2D eigenvalue weighted by molar-refractivity contribution is -0.149. The fourth-order valence-corrected chi connectivity index (χ4v) is 7.88. The van der Waals surface area contributed by atoms with E-state index >= 15 is 0 Å². The minimum Gasteiger partial charge on any atom is -0.466 e. The molecule has 0 spiro atoms. The highest BCUT2D eigenvalue weighted by Gasteiger charge is 2.42. The van der Waals surface area contributed by atoms with Crippen molar-refractivity contribution in [1.82, 2.24) is 4.90 Å². The van der Waals surface area contributed by atoms with E-state index < -0.39 is 9.84 Å². The maximum atomic E-state index is 13.0. The zero-order valence-corrected chi connectivity index (χ0v) is 19.4. The second-order valence-electron chi connectivity index (χ2n) is 7.87. The summed E-state index contributed by atoms with van der Waals surface area (Å²) in [5.41, 5.74) is 1.05. The monoisotopic (exact) mass is 485 g/mol. The summed E-state index contributed by atoms with van der Waals surface area (Å²) in [5.74, 6) is -0.271. The van der Waals surface area contributed by atoms with Crippen LogP contribution in [0.5, 0.6) is 0 Å². The van der Waals surface area contributed by atoms with Gasteiger partial charge in [0.05, 0.1) is 40.8 Å². The minimum atomic E-state index is -3.01. The van der Waals surface area contributed by atoms with Crippen LogP contribution < -0.4 is 5.32 Å². The number of esters is 1. The molecule has 4 rings (SSSR count). The molecular formula is C20H24ClN3O5S2. The number of nitrogens with zero attached hydrogens (tertiary/aromatic N) is 2. The van der Waals surface area contributed by atoms with Crippen molar-refractivity contribution in [3.8, 4) is 0 Å². The Labute approximate surface area is 190 Å². The molecule has 1 aromatic carbocycles. The molecule has 0 aromatic heterocycles. The molecule has 1 N–H and O–H groups in total. The predicted octanol–water partition coefficient (Wildman–Crippen LogP) is 2.44. The van der Waals surface area contributed by atoms with Crippen LogP contribution in [0.2, 0.25) is 5.02 Å². The summed E-state index contributed by atoms with van der Waals surface area (Å²) in [4.78, 5) is 31.1. The molecule has 3 aliphatic rings. The Morgan fingerprint density at radius 3 is 2.71 bits per heavy atom. The third kappa shape index (κ3) is 5.01. The van der Waals surface area contributed by atoms with Crippen molar-refractivity contribution >= 4 is 55.9 Å². The van der Waals surface area contributed by atoms with Crippen molar-refractivity contribution in [2.45, 2.75) is 31.1 Å². The van der Waals surface area contributed by atoms with E-state index in [9.17, 15) is 18.0 Å². The molecule has 168 valence electrons. The number of amidine groups is 1. The van der Waals surface area contributed by atoms with Gasteiger partial charge in [0.15, 0.2) is 15.0 Å². The first kappa shape index (κ1) is 22.4. The average molecular weight is 486 g/mol. The largest absolute Gasteiger partial charge is 0.466 e. The van der Waals surface area contributed by atoms with Crippen LogP contribution in [0.15, 0.2) is 23.2 Å². The first-order chi connectivity index (χ1) is 14.8. The summed E-state index contributed by atoms with van der Waals surface area (Å²) < 4.78 is 28.5. The van der Waals surface area contributed by atoms with Crippen molar-refractivity contribution in [3.63, 3.8) is 0 Å². The van der Waals surface area contributed by atoms with Crippen LogP contribution in [0.4, 0.5) is 5.69 Å². The zero-order chi connectivity index (χ0) is 22.2. The van der Waals surface area contributed by atoms with Crippen LogP contribution in [0, 0.1) is 5.92 Å². The van der Waals surface area contributed by atoms with Gasteiger partial charge in [0.2, 0.25) is 0 Å². The number of anilines is 1. The summed E-state index contributed by atoms with van der Waals surface area (Å²) in [6.45, 7) is 3.13. The normalized spacial score (nSPS) is 25.1. The van der Waals surface area contributed by atoms with Crippen molar-refractivity contribution < 1.29 is 22.7 Å². The van der Waals surface area contributed by atoms with Gasteiger partial charge in [-0.1, -0.05) is 23.4 Å². The van der Waals surface area contributed by atoms with Gasteiger partial charge in [-0.05, 0) is 38.0 Å². The molecule has 2 fully saturated rings. The number of sulfone groups is 1. The third-order valence-corrected chi connectivity index (χ3v) is 9.15. The smallest absolute Gasteiger partial charge is 0.309 e. The van der Waals surface area contributed by atoms with Crippen molar-refractivity contribution in [2.24, 2.45) is 10.9 Å². The molecule has 2 atom stereocenters. The number of benzene rings is 1. The molecule has 0 aliphatic carbocycles. The second kappa shape index (κ2) is 8.99. The van der Waals surface area contributed by atoms with E-state index in [4.69, 9.17) is 16.3 Å². The number of hydrogen-bond donors (Lipinski definition) is 1. The Balaban J connectivity index is 1.40. The molecule has 11 heteroatoms. The second-order valence-corrected chi connectivity index (χ2v) is 11.7. The van der Waals surface area contributed by atoms with Crippen LogP contribution >= 0.6 is 23.4 Å². The number of carbonyl (C=O) groups is 2. The number of fused-ring (bicyclic) bond motifs is 1. The molecule has 8 nitrogen and oxygen atoms in total. The van der Waals surface area contributed by atoms with Crippen molar-refractivity contribution in [2.75, 3.05) is 36.5 Å². The topological polar surface area (TPSA) is 105 Å². The van der Waals surface area contributed by atoms with Crippen LogP contribution in [0.1, 0.15) is 30.1 Å². The van der Waals surface area contributed by atoms with E-state index in [1.54, 1.807) is 30.0 Å². The summed E-state index contributed by atoms with van der Waals surface area (Å²) in [6.07, 6.45) is 1.17. The fourth-order valence-electron chi connectivity index (χ4n) is 4.05. The molecule has 0 saturated carbocycles. The highest BCUT2D eigenvalue weighted by molar-refractivity contribution is 8.15. The van der Waals surface area contributed by atoms with Crippen LogP contribution in [0.25, 0.3) is 0 Å². The Morgan fingerprint density at radius 2 is 2.03 bits per heavy atom. The van der Waals surface area contributed by atoms with Gasteiger partial charge < -0.3 is 15.0 Å². The van der Waals surface area contributed by atoms with Crippen LogP contribution in [-0.2, 0) is 19.4 Å². The van der Waals surface area contributed by atoms with Gasteiger partial charge in [-0.2, -0.15) is 0 Å². The number of hydrogen-bond acceptors (Lipinski definition) is 8. The Morgan fingerprint density at radius 1 is 1.29 bits per heavy atom. The van der Waals surface area contributed by atoms with Gasteiger partial charge in [0, 0.05) is 23.9 Å². The van der Waals surface area contributed by atoms with Crippen molar-refractivity contribution in [1.29, 1.82) is 0 Å². The lowest BCUT2D eigenvalue weighted by Crippen LogP contribution is -2.40. The third-order valence-electron chi connectivity index (χ3n) is 5.68. The number of likely N-dealkylation sites (tertiary alicyclic amines) is 1. The quantitative estimate of drug-likeness (QED) is 0.653. The highest BCUT2D eigenvalue weighted by atomic mass is 35.5. The SMILES string of the molecule is CCOC(=O)C1CCN(C(=O)c2ccc(Cl)c(NC3=N[C@@H]4CS(=O)(=O)C[C@@H]4S3)c2)CC1. The van der Waals surface area contributed by atoms with Gasteiger partial charge in [-0.15, -0.1) is 0 Å². The fraction of sp³-hybridized carbons (Fsp3) is 0.550. The molecular weight excluding hydrogens is 462 g/mol. The number of halogens is 1. The first-order valence-electron chi connectivity index (χ1n) is 10.2. The number of nitrogens with one attached hydrogen (secondary N) is 1. The van der Waals surface area contributed by atoms with Gasteiger partial charge in [-0.3, -0.25) is 14.6 Å². The van der Waals surface area contributed by atoms with E-state index in [1.807, 2.05) is 0 Å². The number of carbonyl (C=O) groups excluding carboxylic acids is 2. The summed E-state index contributed by atoms with van der Waals surface area (Å²) in [6, 6.07) is 4.80. The molecule has 3 aliphatic heterocycles. The molecule has 0 radical (unpaired) electrons. The van der Waals surface area contributed by atoms with Crippen LogP contribution in [-0.4, -0.2) is 72.9 Å². The number of thioether (sulfide) groups is 1. The lowest BCUT2D eigenvalue weighted by Gasteiger charge is -2.31. The summed E-state index contributed by atoms with van der Waals surface area (Å²) >= 11 is 7.71. The highest BCUT2D eigenvalue weighted by Crippen LogP contribution is 2.36. The van der Waals surface area contributed by atoms with Gasteiger partial charge in [0.1, 0.15) is 0 Å². The van der Waals surface area contributed by atoms with E-state index in [2.05, 4.69) is 10.3 Å². The van der Waals surface area contributed by atoms with Gasteiger partial charge in [0.25, 0.3) is 5.91 Å². The summed E-state index contributed by atoms with van der Waals surface area (Å²) in [5, 5.41) is 4.15. The first-order valence-corrected chi connectivity index (χ1v) is 13.3. The van der Waals surface area contributed by atoms with E-state index in [0.717, 1.165) is 0 Å². The van der Waals surface area contributed by atoms with Gasteiger partial charge in [-0.25, -0.2) is 8.42 Å². The summed E-state index contributed by atoms with van der Waals surface area (Å²) in [7, 11) is -3.01. The number of aliphatic imine (C=N–C) groups is 1. The standard InChI is InChI=1S/C20H24ClN3O5S2/c1-2-29-19(26)12-5-7-24(8-6-12)18(25)13-3-4-14(21)15(9-13)22-20-23-16-10-31(27,28)11-17(16)30-20/h3-4,9,12,16-17H,2,5-8,10-11H2,1H3,(H,22,23)/t16-,17+/m1/s1. The maximum absolute atomic E-state index is 13.0. The Hall–Kier alpha value is -1.78. The number of ether oxygens (including phenoxy) is 1. The minimum absolute atomic E-state index is 0.0724. The predicted molar refractivity (Wildman–Crippen MR) is 122 cm³/mol. The zero-order valence-electron chi connectivity index (χ0n) is 17.0. The van der Waals surface area contributed by atoms with E-state index in [0.29, 0.717) is 54.0 Å². The molecule has 2 saturated heterocycles. The number of amides is 1. The average Bonchev–Trinajstić information content (AvgIpc) is 3.22. The molecule has 1 amide bonds. The molecule has 31 heavy (non-hydrogen) atoms. The Kier molecular flexibility index (Phi) is 6.50. The molecule has 1 aromatic rings. The maximum Gasteiger partial charge on any atom is 0.309 e. The van der Waals surface area contributed by atoms with Crippen LogP contribution in [0.3, 0.4) is 0 Å². The van der Waals surface area contributed by atoms with Gasteiger partial charge >= 0.3 is 5.97 Å². The van der Waals surface area contributed by atoms with Crippen molar-refractivity contribution in [3.05, 3.63) is 28.8 Å². The molecule has 0 unspecified atom stereocenters. The molecule has 0 bridgehead atoms. The van der Waals surface area contributed by atoms with E-state index in [1.165, 1.54) is 11.8 Å².